The van der Waals surface area contributed by atoms with Gasteiger partial charge in [-0.1, -0.05) is 18.2 Å². The molecule has 0 aliphatic carbocycles. The number of nitrogens with zero attached hydrogens (tertiary/aromatic N) is 1. The molecule has 1 aromatic carbocycles. The fourth-order valence-corrected chi connectivity index (χ4v) is 3.60. The van der Waals surface area contributed by atoms with Crippen molar-refractivity contribution in [2.75, 3.05) is 25.4 Å². The van der Waals surface area contributed by atoms with Gasteiger partial charge in [-0.05, 0) is 45.0 Å². The summed E-state index contributed by atoms with van der Waals surface area (Å²) in [4.78, 5) is 4.65. The third-order valence-corrected chi connectivity index (χ3v) is 5.66. The van der Waals surface area contributed by atoms with Crippen LogP contribution < -0.4 is 10.6 Å². The molecule has 1 aromatic heterocycles. The third-order valence-electron chi connectivity index (χ3n) is 3.93. The lowest BCUT2D eigenvalue weighted by Crippen LogP contribution is -2.40. The summed E-state index contributed by atoms with van der Waals surface area (Å²) >= 11 is 0. The molecule has 28 heavy (non-hydrogen) atoms. The number of guanidine groups is 1. The van der Waals surface area contributed by atoms with E-state index in [0.29, 0.717) is 28.9 Å². The molecule has 0 saturated carbocycles. The van der Waals surface area contributed by atoms with Gasteiger partial charge in [-0.25, -0.2) is 13.4 Å². The number of halogens is 1. The van der Waals surface area contributed by atoms with Gasteiger partial charge in [0, 0.05) is 13.1 Å². The summed E-state index contributed by atoms with van der Waals surface area (Å²) < 4.78 is 30.1. The van der Waals surface area contributed by atoms with Crippen LogP contribution in [-0.4, -0.2) is 44.9 Å². The zero-order valence-electron chi connectivity index (χ0n) is 16.3. The van der Waals surface area contributed by atoms with Gasteiger partial charge in [0.25, 0.3) is 0 Å². The van der Waals surface area contributed by atoms with Gasteiger partial charge in [-0.3, -0.25) is 0 Å². The zero-order chi connectivity index (χ0) is 19.9. The van der Waals surface area contributed by atoms with E-state index in [-0.39, 0.29) is 42.8 Å². The highest BCUT2D eigenvalue weighted by Gasteiger charge is 2.26. The summed E-state index contributed by atoms with van der Waals surface area (Å²) in [5.41, 5.74) is -1.26. The molecule has 2 aromatic rings. The van der Waals surface area contributed by atoms with Gasteiger partial charge in [0.15, 0.2) is 15.8 Å². The predicted molar refractivity (Wildman–Crippen MR) is 121 cm³/mol. The lowest BCUT2D eigenvalue weighted by atomic mass is 10.0. The van der Waals surface area contributed by atoms with Gasteiger partial charge >= 0.3 is 0 Å². The van der Waals surface area contributed by atoms with Crippen molar-refractivity contribution in [2.24, 2.45) is 4.99 Å². The summed E-state index contributed by atoms with van der Waals surface area (Å²) in [5.74, 6) is 1.52. The van der Waals surface area contributed by atoms with Gasteiger partial charge in [0.2, 0.25) is 0 Å². The fraction of sp³-hybridized carbons (Fsp3) is 0.421. The van der Waals surface area contributed by atoms with Crippen LogP contribution in [0.4, 0.5) is 0 Å². The molecule has 0 amide bonds. The molecular formula is C19H28IN3O4S. The topological polar surface area (TPSA) is 104 Å². The molecule has 0 radical (unpaired) electrons. The van der Waals surface area contributed by atoms with Gasteiger partial charge in [0.1, 0.15) is 17.1 Å². The molecule has 156 valence electrons. The van der Waals surface area contributed by atoms with Crippen LogP contribution in [0.3, 0.4) is 0 Å². The Morgan fingerprint density at radius 2 is 1.86 bits per heavy atom. The van der Waals surface area contributed by atoms with Crippen molar-refractivity contribution >= 4 is 39.8 Å². The second kappa shape index (κ2) is 10.8. The molecule has 3 N–H and O–H groups in total. The summed E-state index contributed by atoms with van der Waals surface area (Å²) in [5, 5.41) is 16.6. The molecule has 2 rings (SSSR count). The number of hydrogen-bond donors (Lipinski definition) is 3. The molecule has 1 unspecified atom stereocenters. The van der Waals surface area contributed by atoms with E-state index < -0.39 is 15.4 Å². The van der Waals surface area contributed by atoms with Crippen molar-refractivity contribution in [3.05, 3.63) is 54.0 Å². The molecule has 0 aliphatic heterocycles. The van der Waals surface area contributed by atoms with E-state index in [0.717, 1.165) is 0 Å². The minimum absolute atomic E-state index is 0. The maximum Gasteiger partial charge on any atom is 0.191 e. The Balaban J connectivity index is 0.00000392. The smallest absolute Gasteiger partial charge is 0.191 e. The first-order chi connectivity index (χ1) is 12.7. The van der Waals surface area contributed by atoms with Crippen LogP contribution in [0.1, 0.15) is 25.4 Å². The summed E-state index contributed by atoms with van der Waals surface area (Å²) in [6, 6.07) is 11.8. The molecule has 0 fully saturated rings. The van der Waals surface area contributed by atoms with Crippen LogP contribution in [0.25, 0.3) is 0 Å². The first-order valence-corrected chi connectivity index (χ1v) is 10.5. The molecule has 1 heterocycles. The quantitative estimate of drug-likeness (QED) is 0.280. The molecule has 9 heteroatoms. The molecule has 7 nitrogen and oxygen atoms in total. The SMILES string of the molecule is CCNC(=NCC(C)(O)c1ccc(C)o1)NCCS(=O)(=O)c1ccccc1.I. The van der Waals surface area contributed by atoms with Crippen molar-refractivity contribution in [2.45, 2.75) is 31.3 Å². The first kappa shape index (κ1) is 24.4. The Morgan fingerprint density at radius 3 is 2.43 bits per heavy atom. The van der Waals surface area contributed by atoms with Crippen LogP contribution >= 0.6 is 24.0 Å². The average molecular weight is 521 g/mol. The molecule has 0 bridgehead atoms. The Morgan fingerprint density at radius 1 is 1.18 bits per heavy atom. The lowest BCUT2D eigenvalue weighted by Gasteiger charge is -2.19. The predicted octanol–water partition coefficient (Wildman–Crippen LogP) is 2.44. The number of aliphatic hydroxyl groups is 1. The van der Waals surface area contributed by atoms with Crippen LogP contribution in [0.15, 0.2) is 56.8 Å². The van der Waals surface area contributed by atoms with Gasteiger partial charge < -0.3 is 20.2 Å². The van der Waals surface area contributed by atoms with Gasteiger partial charge in [0.05, 0.1) is 17.2 Å². The molecular weight excluding hydrogens is 493 g/mol. The van der Waals surface area contributed by atoms with Crippen molar-refractivity contribution < 1.29 is 17.9 Å². The minimum Gasteiger partial charge on any atom is -0.463 e. The number of aliphatic imine (C=N–C) groups is 1. The Kier molecular flexibility index (Phi) is 9.45. The normalized spacial score (nSPS) is 14.1. The monoisotopic (exact) mass is 521 g/mol. The summed E-state index contributed by atoms with van der Waals surface area (Å²) in [7, 11) is -3.36. The highest BCUT2D eigenvalue weighted by Crippen LogP contribution is 2.23. The van der Waals surface area contributed by atoms with E-state index in [1.165, 1.54) is 0 Å². The lowest BCUT2D eigenvalue weighted by molar-refractivity contribution is 0.0428. The number of hydrogen-bond acceptors (Lipinski definition) is 5. The van der Waals surface area contributed by atoms with Gasteiger partial charge in [-0.2, -0.15) is 0 Å². The second-order valence-corrected chi connectivity index (χ2v) is 8.55. The number of sulfone groups is 1. The van der Waals surface area contributed by atoms with Crippen molar-refractivity contribution in [3.63, 3.8) is 0 Å². The first-order valence-electron chi connectivity index (χ1n) is 8.84. The zero-order valence-corrected chi connectivity index (χ0v) is 19.5. The van der Waals surface area contributed by atoms with E-state index >= 15 is 0 Å². The fourth-order valence-electron chi connectivity index (χ4n) is 2.43. The number of benzene rings is 1. The van der Waals surface area contributed by atoms with Crippen molar-refractivity contribution in [3.8, 4) is 0 Å². The van der Waals surface area contributed by atoms with Crippen LogP contribution in [0.2, 0.25) is 0 Å². The molecule has 0 saturated heterocycles. The van der Waals surface area contributed by atoms with Crippen LogP contribution in [0.5, 0.6) is 0 Å². The summed E-state index contributed by atoms with van der Waals surface area (Å²) in [6.45, 7) is 6.22. The van der Waals surface area contributed by atoms with Crippen LogP contribution in [-0.2, 0) is 15.4 Å². The van der Waals surface area contributed by atoms with E-state index in [1.807, 2.05) is 13.8 Å². The van der Waals surface area contributed by atoms with E-state index in [9.17, 15) is 13.5 Å². The number of rotatable bonds is 8. The Hall–Kier alpha value is -1.59. The molecule has 1 atom stereocenters. The average Bonchev–Trinajstić information content (AvgIpc) is 3.08. The van der Waals surface area contributed by atoms with Gasteiger partial charge in [-0.15, -0.1) is 24.0 Å². The number of aryl methyl sites for hydroxylation is 1. The largest absolute Gasteiger partial charge is 0.463 e. The van der Waals surface area contributed by atoms with Crippen molar-refractivity contribution in [1.29, 1.82) is 0 Å². The van der Waals surface area contributed by atoms with Crippen LogP contribution in [0, 0.1) is 6.92 Å². The Labute approximate surface area is 183 Å². The van der Waals surface area contributed by atoms with Crippen molar-refractivity contribution in [1.82, 2.24) is 10.6 Å². The Bertz CT molecular complexity index is 864. The summed E-state index contributed by atoms with van der Waals surface area (Å²) in [6.07, 6.45) is 0. The number of nitrogens with one attached hydrogen (secondary N) is 2. The maximum atomic E-state index is 12.3. The van der Waals surface area contributed by atoms with E-state index in [2.05, 4.69) is 15.6 Å². The second-order valence-electron chi connectivity index (χ2n) is 6.44. The standard InChI is InChI=1S/C19H27N3O4S.HI/c1-4-20-18(22-14-19(3,23)17-11-10-15(2)26-17)21-12-13-27(24,25)16-8-6-5-7-9-16;/h5-11,23H,4,12-14H2,1-3H3,(H2,20,21,22);1H. The highest BCUT2D eigenvalue weighted by molar-refractivity contribution is 14.0. The minimum atomic E-state index is -3.36. The maximum absolute atomic E-state index is 12.3. The number of furan rings is 1. The third kappa shape index (κ3) is 7.10. The molecule has 0 spiro atoms. The highest BCUT2D eigenvalue weighted by atomic mass is 127. The molecule has 0 aliphatic rings. The van der Waals surface area contributed by atoms with E-state index in [4.69, 9.17) is 4.42 Å². The van der Waals surface area contributed by atoms with E-state index in [1.54, 1.807) is 49.4 Å².